The van der Waals surface area contributed by atoms with Crippen molar-refractivity contribution in [2.45, 2.75) is 19.3 Å². The Kier molecular flexibility index (Phi) is 4.13. The molecule has 3 heterocycles. The Morgan fingerprint density at radius 2 is 0.815 bits per heavy atom. The quantitative estimate of drug-likeness (QED) is 0.167. The van der Waals surface area contributed by atoms with Crippen LogP contribution in [0.2, 0.25) is 0 Å². The van der Waals surface area contributed by atoms with Gasteiger partial charge in [-0.2, -0.15) is 15.0 Å². The third-order valence-corrected chi connectivity index (χ3v) is 11.6. The van der Waals surface area contributed by atoms with Crippen molar-refractivity contribution in [1.29, 1.82) is 0 Å². The summed E-state index contributed by atoms with van der Waals surface area (Å²) in [5.74, 6) is -1.91. The van der Waals surface area contributed by atoms with Gasteiger partial charge in [0.2, 0.25) is 11.9 Å². The van der Waals surface area contributed by atoms with E-state index in [2.05, 4.69) is 0 Å². The summed E-state index contributed by atoms with van der Waals surface area (Å²) in [5, 5.41) is -2.18. The van der Waals surface area contributed by atoms with Crippen LogP contribution in [0.1, 0.15) is 63.4 Å². The number of aromatic nitrogens is 5. The lowest BCUT2D eigenvalue weighted by atomic mass is 9.82. The lowest BCUT2D eigenvalue weighted by Crippen LogP contribution is -2.15. The van der Waals surface area contributed by atoms with E-state index in [9.17, 15) is 15.1 Å². The van der Waals surface area contributed by atoms with Gasteiger partial charge < -0.3 is 0 Å². The largest absolute Gasteiger partial charge is 0.278 e. The number of hydrogen-bond acceptors (Lipinski definition) is 3. The number of rotatable bonds is 6. The van der Waals surface area contributed by atoms with E-state index >= 15 is 0 Å². The molecule has 1 aliphatic carbocycles. The summed E-state index contributed by atoms with van der Waals surface area (Å²) >= 11 is 0. The molecule has 0 unspecified atom stereocenters. The fraction of sp³-hybridized carbons (Fsp3) is 0.0500. The summed E-state index contributed by atoms with van der Waals surface area (Å²) in [6, 6.07) is -12.7. The molecule has 13 rings (SSSR count). The molecule has 0 amide bonds. The molecule has 9 aromatic carbocycles. The van der Waals surface area contributed by atoms with Gasteiger partial charge in [-0.05, 0) is 79.8 Å². The van der Waals surface area contributed by atoms with E-state index in [-0.39, 0.29) is 11.4 Å². The zero-order valence-corrected chi connectivity index (χ0v) is 33.8. The van der Waals surface area contributed by atoms with E-state index in [1.165, 1.54) is 0 Å². The summed E-state index contributed by atoms with van der Waals surface area (Å²) in [7, 11) is 0. The van der Waals surface area contributed by atoms with E-state index in [1.54, 1.807) is 18.2 Å². The van der Waals surface area contributed by atoms with Gasteiger partial charge in [-0.3, -0.25) is 9.13 Å². The van der Waals surface area contributed by atoms with Crippen LogP contribution in [0.5, 0.6) is 0 Å². The molecule has 0 N–H and O–H groups in total. The second-order valence-corrected chi connectivity index (χ2v) is 15.5. The number of nitrogens with zero attached hydrogens (tertiary/aromatic N) is 5. The van der Waals surface area contributed by atoms with Gasteiger partial charge in [0.25, 0.3) is 0 Å². The van der Waals surface area contributed by atoms with Crippen LogP contribution in [-0.4, -0.2) is 24.1 Å². The van der Waals surface area contributed by atoms with Crippen molar-refractivity contribution in [1.82, 2.24) is 24.1 Å². The molecule has 0 bridgehead atoms. The fourth-order valence-electron chi connectivity index (χ4n) is 8.63. The molecule has 0 saturated carbocycles. The Balaban J connectivity index is 1.32. The number of fused-ring (bicyclic) bond motifs is 9. The zero-order valence-electron chi connectivity index (χ0n) is 61.8. The van der Waals surface area contributed by atoms with Gasteiger partial charge in [0.05, 0.1) is 60.4 Å². The van der Waals surface area contributed by atoms with Gasteiger partial charge in [0, 0.05) is 32.5 Å². The number of benzene rings is 9. The predicted octanol–water partition coefficient (Wildman–Crippen LogP) is 15.0. The molecule has 5 heteroatoms. The van der Waals surface area contributed by atoms with Crippen molar-refractivity contribution in [2.24, 2.45) is 0 Å². The van der Waals surface area contributed by atoms with E-state index in [4.69, 9.17) is 38.3 Å². The lowest BCUT2D eigenvalue weighted by molar-refractivity contribution is 0.660. The summed E-state index contributed by atoms with van der Waals surface area (Å²) in [6.07, 6.45) is 0. The van der Waals surface area contributed by atoms with Crippen LogP contribution < -0.4 is 0 Å². The molecule has 5 nitrogen and oxygen atoms in total. The molecule has 0 spiro atoms. The van der Waals surface area contributed by atoms with Gasteiger partial charge >= 0.3 is 0 Å². The van der Waals surface area contributed by atoms with Crippen LogP contribution in [0.25, 0.3) is 111 Å². The minimum absolute atomic E-state index is 0.181. The molecule has 3 aromatic heterocycles. The zero-order chi connectivity index (χ0) is 67.6. The van der Waals surface area contributed by atoms with E-state index in [1.807, 2.05) is 38.1 Å². The molecule has 306 valence electrons. The third-order valence-electron chi connectivity index (χ3n) is 11.6. The molecule has 0 fully saturated rings. The molecular formula is C60H41N5. The van der Waals surface area contributed by atoms with Gasteiger partial charge in [0.15, 0.2) is 5.82 Å². The standard InChI is InChI=1S/C60H41N5/c1-60(2)50-26-14-12-24-48(50)56-49(25-16-27-51(56)60)57-61-58(64-52-28-15-13-23-44(52)45-32-29-41(35-53(45)64)38-17-6-3-7-18-38)63-59(62-57)65-54-36-42(39-19-8-4-9-20-39)30-33-46(54)47-34-31-43(37-55(47)65)40-21-10-5-11-22-40/h3-37H,1-2H3/i3D,4D,5D,6D,7D,8D,9D,10D,11D,13D,15D,17D,18D,19D,20D,21D,22D,23D,28D,29D,30D,31D,32D,33D,34D,35D,36D,37D. The Morgan fingerprint density at radius 3 is 1.35 bits per heavy atom. The Morgan fingerprint density at radius 1 is 0.385 bits per heavy atom. The van der Waals surface area contributed by atoms with Crippen molar-refractivity contribution in [2.75, 3.05) is 0 Å². The van der Waals surface area contributed by atoms with Gasteiger partial charge in [-0.1, -0.05) is 201 Å². The highest BCUT2D eigenvalue weighted by atomic mass is 15.3. The highest BCUT2D eigenvalue weighted by Gasteiger charge is 2.37. The van der Waals surface area contributed by atoms with Crippen molar-refractivity contribution in [3.63, 3.8) is 0 Å². The molecule has 0 atom stereocenters. The van der Waals surface area contributed by atoms with Crippen LogP contribution in [-0.2, 0) is 5.41 Å². The smallest absolute Gasteiger partial charge is 0.240 e. The maximum Gasteiger partial charge on any atom is 0.240 e. The van der Waals surface area contributed by atoms with Gasteiger partial charge in [0.1, 0.15) is 0 Å². The first-order chi connectivity index (χ1) is 43.7. The minimum Gasteiger partial charge on any atom is -0.278 e. The van der Waals surface area contributed by atoms with E-state index < -0.39 is 263 Å². The molecule has 12 aromatic rings. The fourth-order valence-corrected chi connectivity index (χ4v) is 8.63. The van der Waals surface area contributed by atoms with Crippen LogP contribution in [0, 0.1) is 0 Å². The topological polar surface area (TPSA) is 48.5 Å². The van der Waals surface area contributed by atoms with Gasteiger partial charge in [-0.25, -0.2) is 0 Å². The normalized spacial score (nSPS) is 18.9. The Labute approximate surface area is 415 Å². The van der Waals surface area contributed by atoms with Crippen molar-refractivity contribution >= 4 is 43.6 Å². The van der Waals surface area contributed by atoms with Crippen molar-refractivity contribution < 1.29 is 38.4 Å². The molecule has 65 heavy (non-hydrogen) atoms. The maximum absolute atomic E-state index is 10.2. The monoisotopic (exact) mass is 860 g/mol. The average molecular weight is 860 g/mol. The highest BCUT2D eigenvalue weighted by Crippen LogP contribution is 2.52. The molecule has 0 saturated heterocycles. The highest BCUT2D eigenvalue weighted by molar-refractivity contribution is 6.12. The Bertz CT molecular complexity index is 5310. The summed E-state index contributed by atoms with van der Waals surface area (Å²) < 4.78 is 258. The second kappa shape index (κ2) is 14.3. The first kappa shape index (κ1) is 18.7. The minimum atomic E-state index is -0.951. The SMILES string of the molecule is [2H]c1c([2H])c([2H])c(-c2c([2H])c([2H])c3c4c([2H])c([2H])c([2H])c([2H])c4n(-c4nc(-c5cccc6c5-c5ccccc5C6(C)C)nc(-n5c6c([2H])c(-c7c([2H])c([2H])c([2H])c([2H])c7[2H])c([2H])c([2H])c6c6c([2H])c([2H])c(-c7c([2H])c([2H])c([2H])c([2H])c7[2H])c([2H])c65)n4)c3c2[2H])c([2H])c1[2H]. The van der Waals surface area contributed by atoms with Crippen molar-refractivity contribution in [3.05, 3.63) is 223 Å². The van der Waals surface area contributed by atoms with Crippen LogP contribution in [0.4, 0.5) is 0 Å². The van der Waals surface area contributed by atoms with Crippen molar-refractivity contribution in [3.8, 4) is 67.8 Å². The first-order valence-electron chi connectivity index (χ1n) is 34.0. The molecular weight excluding hydrogens is 791 g/mol. The van der Waals surface area contributed by atoms with Crippen LogP contribution in [0.15, 0.2) is 212 Å². The predicted molar refractivity (Wildman–Crippen MR) is 268 cm³/mol. The molecule has 0 aliphatic heterocycles. The van der Waals surface area contributed by atoms with Gasteiger partial charge in [-0.15, -0.1) is 0 Å². The lowest BCUT2D eigenvalue weighted by Gasteiger charge is -2.21. The first-order valence-corrected chi connectivity index (χ1v) is 20.0. The summed E-state index contributed by atoms with van der Waals surface area (Å²) in [5.41, 5.74) is -4.86. The summed E-state index contributed by atoms with van der Waals surface area (Å²) in [4.78, 5) is 15.0. The molecule has 1 aliphatic rings. The van der Waals surface area contributed by atoms with Crippen LogP contribution >= 0.6 is 0 Å². The Hall–Kier alpha value is -8.41. The van der Waals surface area contributed by atoms with Crippen LogP contribution in [0.3, 0.4) is 0 Å². The maximum atomic E-state index is 10.2. The van der Waals surface area contributed by atoms with E-state index in [0.717, 1.165) is 14.7 Å². The third kappa shape index (κ3) is 5.75. The second-order valence-electron chi connectivity index (χ2n) is 15.5. The summed E-state index contributed by atoms with van der Waals surface area (Å²) in [6.45, 7) is 3.92. The average Bonchev–Trinajstić information content (AvgIpc) is 1.42. The molecule has 0 radical (unpaired) electrons. The number of hydrogen-bond donors (Lipinski definition) is 0. The number of para-hydroxylation sites is 1. The van der Waals surface area contributed by atoms with E-state index in [0.29, 0.717) is 16.7 Å².